The lowest BCUT2D eigenvalue weighted by Crippen LogP contribution is -2.29. The Bertz CT molecular complexity index is 537. The van der Waals surface area contributed by atoms with Crippen molar-refractivity contribution >= 4 is 11.6 Å². The van der Waals surface area contributed by atoms with E-state index >= 15 is 0 Å². The Kier molecular flexibility index (Phi) is 5.78. The van der Waals surface area contributed by atoms with Crippen molar-refractivity contribution in [2.75, 3.05) is 25.5 Å². The van der Waals surface area contributed by atoms with Crippen LogP contribution in [0.3, 0.4) is 0 Å². The highest BCUT2D eigenvalue weighted by Crippen LogP contribution is 2.14. The van der Waals surface area contributed by atoms with E-state index in [1.54, 1.807) is 13.3 Å². The van der Waals surface area contributed by atoms with Gasteiger partial charge in [-0.2, -0.15) is 5.10 Å². The van der Waals surface area contributed by atoms with E-state index in [0.29, 0.717) is 6.54 Å². The molecule has 6 heteroatoms. The summed E-state index contributed by atoms with van der Waals surface area (Å²) in [6, 6.07) is 9.15. The number of hydrogen-bond donors (Lipinski definition) is 2. The molecule has 21 heavy (non-hydrogen) atoms. The molecule has 6 nitrogen and oxygen atoms in total. The van der Waals surface area contributed by atoms with Crippen molar-refractivity contribution in [1.82, 2.24) is 15.1 Å². The first-order valence-electron chi connectivity index (χ1n) is 6.90. The minimum Gasteiger partial charge on any atom is -0.497 e. The molecule has 0 saturated heterocycles. The number of carbonyl (C=O) groups excluding carboxylic acids is 1. The summed E-state index contributed by atoms with van der Waals surface area (Å²) >= 11 is 0. The average Bonchev–Trinajstić information content (AvgIpc) is 3.01. The van der Waals surface area contributed by atoms with Gasteiger partial charge in [-0.3, -0.25) is 9.48 Å². The summed E-state index contributed by atoms with van der Waals surface area (Å²) in [6.07, 6.45) is 4.61. The molecule has 0 bridgehead atoms. The smallest absolute Gasteiger partial charge is 0.238 e. The first-order chi connectivity index (χ1) is 10.3. The molecule has 1 amide bonds. The van der Waals surface area contributed by atoms with Crippen LogP contribution in [0.2, 0.25) is 0 Å². The summed E-state index contributed by atoms with van der Waals surface area (Å²) in [4.78, 5) is 11.7. The van der Waals surface area contributed by atoms with Crippen molar-refractivity contribution in [2.45, 2.75) is 13.0 Å². The van der Waals surface area contributed by atoms with Crippen molar-refractivity contribution in [3.05, 3.63) is 42.7 Å². The number of carbonyl (C=O) groups is 1. The van der Waals surface area contributed by atoms with Crippen molar-refractivity contribution in [2.24, 2.45) is 0 Å². The van der Waals surface area contributed by atoms with Crippen LogP contribution in [0.4, 0.5) is 5.69 Å². The van der Waals surface area contributed by atoms with Gasteiger partial charge < -0.3 is 15.4 Å². The van der Waals surface area contributed by atoms with E-state index in [1.807, 2.05) is 41.2 Å². The van der Waals surface area contributed by atoms with E-state index in [1.165, 1.54) is 0 Å². The summed E-state index contributed by atoms with van der Waals surface area (Å²) in [5.74, 6) is 0.712. The number of aromatic nitrogens is 2. The second-order valence-electron chi connectivity index (χ2n) is 4.58. The summed E-state index contributed by atoms with van der Waals surface area (Å²) in [5.41, 5.74) is 0.763. The summed E-state index contributed by atoms with van der Waals surface area (Å²) in [5, 5.41) is 10.1. The Morgan fingerprint density at radius 2 is 2.14 bits per heavy atom. The number of aryl methyl sites for hydroxylation is 1. The maximum atomic E-state index is 11.7. The van der Waals surface area contributed by atoms with Crippen LogP contribution in [0, 0.1) is 0 Å². The van der Waals surface area contributed by atoms with Crippen LogP contribution in [0.5, 0.6) is 5.75 Å². The van der Waals surface area contributed by atoms with Crippen LogP contribution < -0.4 is 15.4 Å². The first-order valence-corrected chi connectivity index (χ1v) is 6.90. The molecule has 0 atom stereocenters. The number of benzene rings is 1. The number of ether oxygens (including phenoxy) is 1. The molecule has 1 aromatic heterocycles. The minimum atomic E-state index is -0.0562. The maximum absolute atomic E-state index is 11.7. The van der Waals surface area contributed by atoms with E-state index in [-0.39, 0.29) is 5.91 Å². The molecular formula is C15H20N4O2. The molecule has 0 aliphatic heterocycles. The lowest BCUT2D eigenvalue weighted by molar-refractivity contribution is -0.115. The molecule has 1 aromatic carbocycles. The number of nitrogens with zero attached hydrogens (tertiary/aromatic N) is 2. The fourth-order valence-electron chi connectivity index (χ4n) is 1.88. The predicted octanol–water partition coefficient (Wildman–Crippen LogP) is 1.51. The number of amides is 1. The fraction of sp³-hybridized carbons (Fsp3) is 0.333. The second kappa shape index (κ2) is 8.06. The third-order valence-corrected chi connectivity index (χ3v) is 2.96. The quantitative estimate of drug-likeness (QED) is 0.723. The van der Waals surface area contributed by atoms with E-state index in [4.69, 9.17) is 4.74 Å². The van der Waals surface area contributed by atoms with Crippen LogP contribution in [-0.4, -0.2) is 35.9 Å². The number of methoxy groups -OCH3 is 1. The van der Waals surface area contributed by atoms with Gasteiger partial charge in [0, 0.05) is 24.6 Å². The van der Waals surface area contributed by atoms with Crippen LogP contribution in [-0.2, 0) is 11.3 Å². The van der Waals surface area contributed by atoms with Crippen LogP contribution >= 0.6 is 0 Å². The summed E-state index contributed by atoms with van der Waals surface area (Å²) < 4.78 is 6.94. The first kappa shape index (κ1) is 15.1. The van der Waals surface area contributed by atoms with E-state index in [0.717, 1.165) is 30.9 Å². The topological polar surface area (TPSA) is 68.2 Å². The normalized spacial score (nSPS) is 10.3. The van der Waals surface area contributed by atoms with E-state index in [2.05, 4.69) is 15.7 Å². The molecule has 0 unspecified atom stereocenters. The Morgan fingerprint density at radius 1 is 1.33 bits per heavy atom. The lowest BCUT2D eigenvalue weighted by Gasteiger charge is -2.07. The molecule has 0 saturated carbocycles. The third-order valence-electron chi connectivity index (χ3n) is 2.96. The van der Waals surface area contributed by atoms with Gasteiger partial charge in [-0.15, -0.1) is 0 Å². The monoisotopic (exact) mass is 288 g/mol. The lowest BCUT2D eigenvalue weighted by atomic mass is 10.3. The molecule has 0 aliphatic rings. The highest BCUT2D eigenvalue weighted by atomic mass is 16.5. The molecule has 2 rings (SSSR count). The highest BCUT2D eigenvalue weighted by Gasteiger charge is 2.02. The van der Waals surface area contributed by atoms with Crippen LogP contribution in [0.15, 0.2) is 42.7 Å². The number of nitrogens with one attached hydrogen (secondary N) is 2. The Balaban J connectivity index is 1.60. The molecular weight excluding hydrogens is 268 g/mol. The zero-order chi connectivity index (χ0) is 14.9. The Labute approximate surface area is 124 Å². The molecule has 1 heterocycles. The molecule has 0 spiro atoms. The van der Waals surface area contributed by atoms with Gasteiger partial charge in [-0.1, -0.05) is 0 Å². The number of rotatable bonds is 8. The van der Waals surface area contributed by atoms with Gasteiger partial charge in [0.15, 0.2) is 0 Å². The van der Waals surface area contributed by atoms with Gasteiger partial charge >= 0.3 is 0 Å². The Morgan fingerprint density at radius 3 is 2.81 bits per heavy atom. The minimum absolute atomic E-state index is 0.0562. The van der Waals surface area contributed by atoms with Gasteiger partial charge in [0.05, 0.1) is 13.7 Å². The maximum Gasteiger partial charge on any atom is 0.238 e. The van der Waals surface area contributed by atoms with E-state index < -0.39 is 0 Å². The second-order valence-corrected chi connectivity index (χ2v) is 4.58. The highest BCUT2D eigenvalue weighted by molar-refractivity contribution is 5.92. The van der Waals surface area contributed by atoms with Gasteiger partial charge in [-0.05, 0) is 43.3 Å². The molecule has 112 valence electrons. The van der Waals surface area contributed by atoms with E-state index in [9.17, 15) is 4.79 Å². The SMILES string of the molecule is COc1ccc(NC(=O)CNCCCn2cccn2)cc1. The Hall–Kier alpha value is -2.34. The third kappa shape index (κ3) is 5.27. The summed E-state index contributed by atoms with van der Waals surface area (Å²) in [7, 11) is 1.61. The van der Waals surface area contributed by atoms with Crippen LogP contribution in [0.1, 0.15) is 6.42 Å². The van der Waals surface area contributed by atoms with Gasteiger partial charge in [0.2, 0.25) is 5.91 Å². The van der Waals surface area contributed by atoms with Gasteiger partial charge in [-0.25, -0.2) is 0 Å². The standard InChI is InChI=1S/C15H20N4O2/c1-21-14-6-4-13(5-7-14)18-15(20)12-16-8-2-10-19-11-3-9-17-19/h3-7,9,11,16H,2,8,10,12H2,1H3,(H,18,20). The van der Waals surface area contributed by atoms with Crippen molar-refractivity contribution in [3.8, 4) is 5.75 Å². The van der Waals surface area contributed by atoms with Gasteiger partial charge in [0.25, 0.3) is 0 Å². The number of anilines is 1. The molecule has 0 radical (unpaired) electrons. The zero-order valence-electron chi connectivity index (χ0n) is 12.1. The largest absolute Gasteiger partial charge is 0.497 e. The average molecular weight is 288 g/mol. The number of hydrogen-bond acceptors (Lipinski definition) is 4. The predicted molar refractivity (Wildman–Crippen MR) is 81.3 cm³/mol. The van der Waals surface area contributed by atoms with Crippen LogP contribution in [0.25, 0.3) is 0 Å². The summed E-state index contributed by atoms with van der Waals surface area (Å²) in [6.45, 7) is 1.92. The molecule has 2 aromatic rings. The van der Waals surface area contributed by atoms with Crippen molar-refractivity contribution in [3.63, 3.8) is 0 Å². The van der Waals surface area contributed by atoms with Crippen molar-refractivity contribution < 1.29 is 9.53 Å². The molecule has 2 N–H and O–H groups in total. The van der Waals surface area contributed by atoms with Gasteiger partial charge in [0.1, 0.15) is 5.75 Å². The fourth-order valence-corrected chi connectivity index (χ4v) is 1.88. The zero-order valence-corrected chi connectivity index (χ0v) is 12.1. The van der Waals surface area contributed by atoms with Crippen molar-refractivity contribution in [1.29, 1.82) is 0 Å². The molecule has 0 aliphatic carbocycles. The molecule has 0 fully saturated rings.